The van der Waals surface area contributed by atoms with Gasteiger partial charge in [0.25, 0.3) is 0 Å². The topological polar surface area (TPSA) is 46.5 Å². The molecule has 3 nitrogen and oxygen atoms in total. The number of carboxylic acids is 1. The van der Waals surface area contributed by atoms with Crippen LogP contribution in [0.5, 0.6) is 5.75 Å². The maximum absolute atomic E-state index is 11.0. The maximum atomic E-state index is 11.0. The van der Waals surface area contributed by atoms with Crippen LogP contribution in [0.15, 0.2) is 24.3 Å². The van der Waals surface area contributed by atoms with Gasteiger partial charge in [0.2, 0.25) is 0 Å². The molecule has 1 aliphatic carbocycles. The highest BCUT2D eigenvalue weighted by Gasteiger charge is 2.30. The summed E-state index contributed by atoms with van der Waals surface area (Å²) in [4.78, 5) is 11.0. The summed E-state index contributed by atoms with van der Waals surface area (Å²) in [6, 6.07) is 7.80. The molecule has 0 spiro atoms. The summed E-state index contributed by atoms with van der Waals surface area (Å²) in [5.74, 6) is 0.747. The number of carboxylic acid groups (broad SMARTS) is 1. The first kappa shape index (κ1) is 12.0. The molecule has 1 aromatic carbocycles. The normalized spacial score (nSPS) is 17.2. The summed E-state index contributed by atoms with van der Waals surface area (Å²) in [6.07, 6.45) is 3.74. The summed E-state index contributed by atoms with van der Waals surface area (Å²) < 4.78 is 5.19. The molecule has 92 valence electrons. The van der Waals surface area contributed by atoms with Crippen molar-refractivity contribution < 1.29 is 14.6 Å². The number of carbonyl (C=O) groups is 1. The molecule has 1 aliphatic rings. The van der Waals surface area contributed by atoms with Crippen LogP contribution in [-0.2, 0) is 4.79 Å². The monoisotopic (exact) mass is 234 g/mol. The van der Waals surface area contributed by atoms with Crippen molar-refractivity contribution in [3.05, 3.63) is 29.8 Å². The van der Waals surface area contributed by atoms with E-state index in [1.54, 1.807) is 7.11 Å². The number of methoxy groups -OCH3 is 1. The average molecular weight is 234 g/mol. The predicted molar refractivity (Wildman–Crippen MR) is 65.3 cm³/mol. The van der Waals surface area contributed by atoms with Gasteiger partial charge in [-0.05, 0) is 42.4 Å². The standard InChI is InChI=1S/C14H18O3/c1-17-12-7-3-6-11(8-12)13(9-14(15)16)10-4-2-5-10/h3,6-8,10,13H,2,4-5,9H2,1H3,(H,15,16)/t13-/m1/s1. The van der Waals surface area contributed by atoms with Crippen molar-refractivity contribution in [2.45, 2.75) is 31.6 Å². The molecule has 0 heterocycles. The molecular weight excluding hydrogens is 216 g/mol. The van der Waals surface area contributed by atoms with Crippen molar-refractivity contribution in [2.75, 3.05) is 7.11 Å². The van der Waals surface area contributed by atoms with E-state index in [0.29, 0.717) is 5.92 Å². The summed E-state index contributed by atoms with van der Waals surface area (Å²) in [6.45, 7) is 0. The van der Waals surface area contributed by atoms with E-state index >= 15 is 0 Å². The van der Waals surface area contributed by atoms with Gasteiger partial charge < -0.3 is 9.84 Å². The van der Waals surface area contributed by atoms with E-state index in [0.717, 1.165) is 24.2 Å². The van der Waals surface area contributed by atoms with Crippen LogP contribution in [0.1, 0.15) is 37.2 Å². The van der Waals surface area contributed by atoms with Gasteiger partial charge in [0.15, 0.2) is 0 Å². The quantitative estimate of drug-likeness (QED) is 0.851. The highest BCUT2D eigenvalue weighted by molar-refractivity contribution is 5.68. The highest BCUT2D eigenvalue weighted by atomic mass is 16.5. The lowest BCUT2D eigenvalue weighted by Gasteiger charge is -2.33. The molecule has 1 aromatic rings. The third-order valence-corrected chi connectivity index (χ3v) is 3.64. The SMILES string of the molecule is COc1cccc([C@H](CC(=O)O)C2CCC2)c1. The molecule has 1 fully saturated rings. The van der Waals surface area contributed by atoms with E-state index in [4.69, 9.17) is 9.84 Å². The summed E-state index contributed by atoms with van der Waals surface area (Å²) in [5.41, 5.74) is 1.09. The fourth-order valence-corrected chi connectivity index (χ4v) is 2.46. The molecule has 0 unspecified atom stereocenters. The second-order valence-electron chi connectivity index (χ2n) is 4.67. The van der Waals surface area contributed by atoms with Gasteiger partial charge in [-0.15, -0.1) is 0 Å². The van der Waals surface area contributed by atoms with Crippen molar-refractivity contribution >= 4 is 5.97 Å². The van der Waals surface area contributed by atoms with Gasteiger partial charge in [0.1, 0.15) is 5.75 Å². The molecule has 1 atom stereocenters. The Morgan fingerprint density at radius 1 is 1.53 bits per heavy atom. The molecule has 0 bridgehead atoms. The first-order valence-electron chi connectivity index (χ1n) is 6.06. The zero-order chi connectivity index (χ0) is 12.3. The van der Waals surface area contributed by atoms with Gasteiger partial charge in [-0.3, -0.25) is 4.79 Å². The van der Waals surface area contributed by atoms with Crippen molar-refractivity contribution in [3.63, 3.8) is 0 Å². The van der Waals surface area contributed by atoms with Crippen LogP contribution in [0.3, 0.4) is 0 Å². The molecule has 1 N–H and O–H groups in total. The number of hydrogen-bond acceptors (Lipinski definition) is 2. The smallest absolute Gasteiger partial charge is 0.303 e. The zero-order valence-electron chi connectivity index (χ0n) is 10.1. The van der Waals surface area contributed by atoms with Crippen LogP contribution >= 0.6 is 0 Å². The number of rotatable bonds is 5. The Morgan fingerprint density at radius 3 is 2.82 bits per heavy atom. The summed E-state index contributed by atoms with van der Waals surface area (Å²) in [7, 11) is 1.63. The minimum atomic E-state index is -0.718. The zero-order valence-corrected chi connectivity index (χ0v) is 10.1. The Bertz CT molecular complexity index is 396. The largest absolute Gasteiger partial charge is 0.497 e. The van der Waals surface area contributed by atoms with Gasteiger partial charge in [-0.25, -0.2) is 0 Å². The Morgan fingerprint density at radius 2 is 2.29 bits per heavy atom. The molecule has 0 radical (unpaired) electrons. The second kappa shape index (κ2) is 5.21. The Balaban J connectivity index is 2.20. The van der Waals surface area contributed by atoms with Gasteiger partial charge in [0, 0.05) is 0 Å². The van der Waals surface area contributed by atoms with E-state index in [2.05, 4.69) is 0 Å². The summed E-state index contributed by atoms with van der Waals surface area (Å²) >= 11 is 0. The van der Waals surface area contributed by atoms with Crippen LogP contribution in [0.2, 0.25) is 0 Å². The van der Waals surface area contributed by atoms with Crippen molar-refractivity contribution in [1.82, 2.24) is 0 Å². The van der Waals surface area contributed by atoms with E-state index < -0.39 is 5.97 Å². The Labute approximate surface area is 101 Å². The van der Waals surface area contributed by atoms with Crippen LogP contribution in [-0.4, -0.2) is 18.2 Å². The second-order valence-corrected chi connectivity index (χ2v) is 4.67. The molecular formula is C14H18O3. The molecule has 1 saturated carbocycles. The number of ether oxygens (including phenoxy) is 1. The Kier molecular flexibility index (Phi) is 3.67. The molecule has 0 aliphatic heterocycles. The lowest BCUT2D eigenvalue weighted by molar-refractivity contribution is -0.138. The van der Waals surface area contributed by atoms with Crippen LogP contribution in [0.4, 0.5) is 0 Å². The summed E-state index contributed by atoms with van der Waals surface area (Å²) in [5, 5.41) is 9.01. The minimum Gasteiger partial charge on any atom is -0.497 e. The van der Waals surface area contributed by atoms with Gasteiger partial charge >= 0.3 is 5.97 Å². The molecule has 0 saturated heterocycles. The van der Waals surface area contributed by atoms with Crippen LogP contribution in [0.25, 0.3) is 0 Å². The minimum absolute atomic E-state index is 0.136. The molecule has 0 aromatic heterocycles. The number of hydrogen-bond donors (Lipinski definition) is 1. The fourth-order valence-electron chi connectivity index (χ4n) is 2.46. The van der Waals surface area contributed by atoms with Crippen molar-refractivity contribution in [1.29, 1.82) is 0 Å². The van der Waals surface area contributed by atoms with E-state index in [-0.39, 0.29) is 12.3 Å². The van der Waals surface area contributed by atoms with Gasteiger partial charge in [0.05, 0.1) is 13.5 Å². The Hall–Kier alpha value is -1.51. The van der Waals surface area contributed by atoms with Crippen LogP contribution < -0.4 is 4.74 Å². The maximum Gasteiger partial charge on any atom is 0.303 e. The molecule has 0 amide bonds. The molecule has 2 rings (SSSR count). The first-order chi connectivity index (χ1) is 8.20. The fraction of sp³-hybridized carbons (Fsp3) is 0.500. The van der Waals surface area contributed by atoms with Crippen molar-refractivity contribution in [2.24, 2.45) is 5.92 Å². The van der Waals surface area contributed by atoms with E-state index in [1.807, 2.05) is 24.3 Å². The lowest BCUT2D eigenvalue weighted by atomic mass is 9.72. The third kappa shape index (κ3) is 2.78. The van der Waals surface area contributed by atoms with E-state index in [1.165, 1.54) is 6.42 Å². The molecule has 17 heavy (non-hydrogen) atoms. The van der Waals surface area contributed by atoms with Gasteiger partial charge in [-0.2, -0.15) is 0 Å². The third-order valence-electron chi connectivity index (χ3n) is 3.64. The van der Waals surface area contributed by atoms with E-state index in [9.17, 15) is 4.79 Å². The lowest BCUT2D eigenvalue weighted by Crippen LogP contribution is -2.22. The predicted octanol–water partition coefficient (Wildman–Crippen LogP) is 3.05. The van der Waals surface area contributed by atoms with Gasteiger partial charge in [-0.1, -0.05) is 18.6 Å². The average Bonchev–Trinajstić information content (AvgIpc) is 2.25. The van der Waals surface area contributed by atoms with Crippen LogP contribution in [0, 0.1) is 5.92 Å². The molecule has 3 heteroatoms. The number of aliphatic carboxylic acids is 1. The van der Waals surface area contributed by atoms with Crippen molar-refractivity contribution in [3.8, 4) is 5.75 Å². The number of benzene rings is 1. The first-order valence-corrected chi connectivity index (χ1v) is 6.06. The highest BCUT2D eigenvalue weighted by Crippen LogP contribution is 2.41.